The molecule has 2 heterocycles. The first-order valence-electron chi connectivity index (χ1n) is 10.6. The molecule has 4 rings (SSSR count). The zero-order chi connectivity index (χ0) is 24.5. The van der Waals surface area contributed by atoms with Crippen molar-refractivity contribution < 1.29 is 26.5 Å². The van der Waals surface area contributed by atoms with Crippen molar-refractivity contribution in [2.45, 2.75) is 37.8 Å². The van der Waals surface area contributed by atoms with Crippen LogP contribution in [0.25, 0.3) is 0 Å². The van der Waals surface area contributed by atoms with E-state index in [1.165, 1.54) is 18.2 Å². The van der Waals surface area contributed by atoms with Gasteiger partial charge < -0.3 is 9.84 Å². The van der Waals surface area contributed by atoms with Gasteiger partial charge in [-0.2, -0.15) is 4.98 Å². The molecule has 0 aliphatic carbocycles. The number of hydrogen-bond acceptors (Lipinski definition) is 7. The van der Waals surface area contributed by atoms with Gasteiger partial charge in [0.2, 0.25) is 0 Å². The van der Waals surface area contributed by atoms with Gasteiger partial charge >= 0.3 is 6.01 Å². The average molecular weight is 492 g/mol. The Morgan fingerprint density at radius 1 is 1.18 bits per heavy atom. The third-order valence-electron chi connectivity index (χ3n) is 5.63. The first-order chi connectivity index (χ1) is 16.2. The molecule has 1 unspecified atom stereocenters. The van der Waals surface area contributed by atoms with E-state index in [0.717, 1.165) is 17.2 Å². The van der Waals surface area contributed by atoms with E-state index in [1.807, 2.05) is 11.8 Å². The van der Waals surface area contributed by atoms with Crippen molar-refractivity contribution in [3.63, 3.8) is 0 Å². The lowest BCUT2D eigenvalue weighted by Gasteiger charge is -2.34. The molecule has 0 radical (unpaired) electrons. The lowest BCUT2D eigenvalue weighted by atomic mass is 9.97. The molecule has 12 heteroatoms. The number of sulfonamides is 1. The Labute approximate surface area is 195 Å². The SMILES string of the molecule is CCNC(=O)c1noc(NS(=O)(=O)c2ccc3c(c2)CN(C(C)c2cc(F)cc(F)c2)CC3)n1. The van der Waals surface area contributed by atoms with Crippen LogP contribution in [0.2, 0.25) is 0 Å². The number of fused-ring (bicyclic) bond motifs is 1. The molecular weight excluding hydrogens is 468 g/mol. The first kappa shape index (κ1) is 23.8. The largest absolute Gasteiger partial charge is 0.349 e. The standard InChI is InChI=1S/C22H23F2N5O4S/c1-3-25-21(30)20-26-22(33-27-20)28-34(31,32)19-5-4-14-6-7-29(12-16(14)10-19)13(2)15-8-17(23)11-18(24)9-15/h4-5,8-11,13H,3,6-7,12H2,1-2H3,(H,25,30)(H,26,27,28). The number of nitrogens with one attached hydrogen (secondary N) is 2. The van der Waals surface area contributed by atoms with Gasteiger partial charge in [0, 0.05) is 31.7 Å². The number of aromatic nitrogens is 2. The van der Waals surface area contributed by atoms with E-state index < -0.39 is 33.6 Å². The molecule has 0 bridgehead atoms. The molecule has 180 valence electrons. The summed E-state index contributed by atoms with van der Waals surface area (Å²) in [7, 11) is -4.07. The van der Waals surface area contributed by atoms with Crippen LogP contribution in [0.3, 0.4) is 0 Å². The zero-order valence-corrected chi connectivity index (χ0v) is 19.3. The highest BCUT2D eigenvalue weighted by Crippen LogP contribution is 2.30. The Morgan fingerprint density at radius 3 is 2.62 bits per heavy atom. The zero-order valence-electron chi connectivity index (χ0n) is 18.5. The van der Waals surface area contributed by atoms with E-state index in [9.17, 15) is 22.0 Å². The monoisotopic (exact) mass is 491 g/mol. The van der Waals surface area contributed by atoms with E-state index in [1.54, 1.807) is 19.1 Å². The van der Waals surface area contributed by atoms with E-state index in [2.05, 4.69) is 20.2 Å². The predicted molar refractivity (Wildman–Crippen MR) is 118 cm³/mol. The number of nitrogens with zero attached hydrogens (tertiary/aromatic N) is 3. The quantitative estimate of drug-likeness (QED) is 0.522. The van der Waals surface area contributed by atoms with Crippen molar-refractivity contribution >= 4 is 21.9 Å². The smallest absolute Gasteiger partial charge is 0.335 e. The van der Waals surface area contributed by atoms with E-state index in [0.29, 0.717) is 31.6 Å². The van der Waals surface area contributed by atoms with Crippen molar-refractivity contribution in [1.82, 2.24) is 20.4 Å². The van der Waals surface area contributed by atoms with Crippen LogP contribution in [0.5, 0.6) is 0 Å². The number of anilines is 1. The molecule has 34 heavy (non-hydrogen) atoms. The highest BCUT2D eigenvalue weighted by molar-refractivity contribution is 7.92. The van der Waals surface area contributed by atoms with Gasteiger partial charge in [-0.15, -0.1) is 0 Å². The fourth-order valence-corrected chi connectivity index (χ4v) is 4.83. The Morgan fingerprint density at radius 2 is 1.91 bits per heavy atom. The minimum atomic E-state index is -4.07. The summed E-state index contributed by atoms with van der Waals surface area (Å²) in [5, 5.41) is 5.96. The molecule has 2 N–H and O–H groups in total. The summed E-state index contributed by atoms with van der Waals surface area (Å²) in [6.45, 7) is 4.98. The number of halogens is 2. The van der Waals surface area contributed by atoms with Gasteiger partial charge in [0.25, 0.3) is 21.8 Å². The Kier molecular flexibility index (Phi) is 6.62. The van der Waals surface area contributed by atoms with Crippen molar-refractivity contribution in [3.8, 4) is 0 Å². The lowest BCUT2D eigenvalue weighted by Crippen LogP contribution is -2.33. The Balaban J connectivity index is 1.52. The van der Waals surface area contributed by atoms with E-state index in [-0.39, 0.29) is 16.8 Å². The van der Waals surface area contributed by atoms with Crippen molar-refractivity contribution in [3.05, 3.63) is 70.5 Å². The average Bonchev–Trinajstić information content (AvgIpc) is 3.25. The fourth-order valence-electron chi connectivity index (χ4n) is 3.85. The molecule has 1 aliphatic rings. The summed E-state index contributed by atoms with van der Waals surface area (Å²) in [5.41, 5.74) is 2.28. The first-order valence-corrected chi connectivity index (χ1v) is 12.1. The van der Waals surface area contributed by atoms with Gasteiger partial charge in [-0.1, -0.05) is 6.07 Å². The minimum absolute atomic E-state index is 0.0182. The maximum absolute atomic E-state index is 13.7. The van der Waals surface area contributed by atoms with Gasteiger partial charge in [-0.05, 0) is 66.4 Å². The summed E-state index contributed by atoms with van der Waals surface area (Å²) in [6.07, 6.45) is 0.658. The molecule has 9 nitrogen and oxygen atoms in total. The summed E-state index contributed by atoms with van der Waals surface area (Å²) >= 11 is 0. The number of benzene rings is 2. The molecule has 1 amide bonds. The number of rotatable bonds is 7. The van der Waals surface area contributed by atoms with Gasteiger partial charge in [0.1, 0.15) is 11.6 Å². The number of hydrogen-bond donors (Lipinski definition) is 2. The van der Waals surface area contributed by atoms with E-state index >= 15 is 0 Å². The molecule has 1 aliphatic heterocycles. The van der Waals surface area contributed by atoms with Crippen LogP contribution in [0.4, 0.5) is 14.8 Å². The van der Waals surface area contributed by atoms with Gasteiger partial charge in [-0.25, -0.2) is 21.9 Å². The second kappa shape index (κ2) is 9.47. The Bertz CT molecular complexity index is 1310. The van der Waals surface area contributed by atoms with Crippen LogP contribution in [0.15, 0.2) is 45.8 Å². The topological polar surface area (TPSA) is 117 Å². The number of amides is 1. The molecular formula is C22H23F2N5O4S. The molecule has 0 fully saturated rings. The minimum Gasteiger partial charge on any atom is -0.349 e. The molecule has 0 spiro atoms. The van der Waals surface area contributed by atoms with Crippen LogP contribution in [0, 0.1) is 11.6 Å². The molecule has 0 saturated carbocycles. The molecule has 0 saturated heterocycles. The molecule has 3 aromatic rings. The fraction of sp³-hybridized carbons (Fsp3) is 0.318. The summed E-state index contributed by atoms with van der Waals surface area (Å²) in [5.74, 6) is -2.16. The normalized spacial score (nSPS) is 14.9. The third-order valence-corrected chi connectivity index (χ3v) is 6.95. The van der Waals surface area contributed by atoms with Gasteiger partial charge in [0.05, 0.1) is 4.90 Å². The highest BCUT2D eigenvalue weighted by Gasteiger charge is 2.26. The van der Waals surface area contributed by atoms with Crippen LogP contribution >= 0.6 is 0 Å². The van der Waals surface area contributed by atoms with Gasteiger partial charge in [-0.3, -0.25) is 9.69 Å². The number of carbonyl (C=O) groups is 1. The highest BCUT2D eigenvalue weighted by atomic mass is 32.2. The molecule has 1 aromatic heterocycles. The summed E-state index contributed by atoms with van der Waals surface area (Å²) in [4.78, 5) is 17.5. The Hall–Kier alpha value is -3.38. The van der Waals surface area contributed by atoms with E-state index in [4.69, 9.17) is 4.52 Å². The van der Waals surface area contributed by atoms with Crippen LogP contribution < -0.4 is 10.0 Å². The van der Waals surface area contributed by atoms with Gasteiger partial charge in [0.15, 0.2) is 0 Å². The van der Waals surface area contributed by atoms with Crippen LogP contribution in [0.1, 0.15) is 47.2 Å². The van der Waals surface area contributed by atoms with Crippen LogP contribution in [-0.4, -0.2) is 42.5 Å². The third kappa shape index (κ3) is 5.07. The summed E-state index contributed by atoms with van der Waals surface area (Å²) < 4.78 is 60.1. The maximum Gasteiger partial charge on any atom is 0.335 e. The van der Waals surface area contributed by atoms with Crippen molar-refractivity contribution in [2.24, 2.45) is 0 Å². The van der Waals surface area contributed by atoms with Crippen molar-refractivity contribution in [1.29, 1.82) is 0 Å². The number of carbonyl (C=O) groups excluding carboxylic acids is 1. The lowest BCUT2D eigenvalue weighted by molar-refractivity contribution is 0.0942. The van der Waals surface area contributed by atoms with Crippen molar-refractivity contribution in [2.75, 3.05) is 17.8 Å². The second-order valence-electron chi connectivity index (χ2n) is 7.92. The summed E-state index contributed by atoms with van der Waals surface area (Å²) in [6, 6.07) is 7.48. The molecule has 1 atom stereocenters. The second-order valence-corrected chi connectivity index (χ2v) is 9.60. The predicted octanol–water partition coefficient (Wildman–Crippen LogP) is 3.02. The maximum atomic E-state index is 13.7. The molecule has 2 aromatic carbocycles. The van der Waals surface area contributed by atoms with Crippen LogP contribution in [-0.2, 0) is 23.0 Å².